The van der Waals surface area contributed by atoms with Crippen LogP contribution < -0.4 is 20.7 Å². The minimum Gasteiger partial charge on any atom is -0.491 e. The highest BCUT2D eigenvalue weighted by molar-refractivity contribution is 5.90. The van der Waals surface area contributed by atoms with E-state index in [1.54, 1.807) is 26.3 Å². The Labute approximate surface area is 224 Å². The predicted molar refractivity (Wildman–Crippen MR) is 151 cm³/mol. The SMILES string of the molecule is CC=Nc1cc(OCCOC)cc(F)c1C(Nc1ccc(NC(=O)NCC2CCOCC2)cc1)=C(C)CC. The van der Waals surface area contributed by atoms with E-state index in [-0.39, 0.29) is 6.03 Å². The molecule has 0 bridgehead atoms. The lowest BCUT2D eigenvalue weighted by Crippen LogP contribution is -2.35. The Kier molecular flexibility index (Phi) is 11.6. The van der Waals surface area contributed by atoms with Gasteiger partial charge in [-0.2, -0.15) is 0 Å². The summed E-state index contributed by atoms with van der Waals surface area (Å²) in [6, 6.07) is 10.2. The van der Waals surface area contributed by atoms with Crippen LogP contribution in [0.4, 0.5) is 26.2 Å². The number of methoxy groups -OCH3 is 1. The molecule has 0 aliphatic carbocycles. The van der Waals surface area contributed by atoms with E-state index in [1.165, 1.54) is 6.07 Å². The number of hydrogen-bond acceptors (Lipinski definition) is 6. The van der Waals surface area contributed by atoms with Crippen LogP contribution in [-0.4, -0.2) is 52.3 Å². The number of hydrogen-bond donors (Lipinski definition) is 3. The van der Waals surface area contributed by atoms with Gasteiger partial charge in [0.15, 0.2) is 0 Å². The number of anilines is 2. The average molecular weight is 527 g/mol. The van der Waals surface area contributed by atoms with Crippen LogP contribution in [0.5, 0.6) is 5.75 Å². The van der Waals surface area contributed by atoms with Crippen LogP contribution in [0, 0.1) is 11.7 Å². The Morgan fingerprint density at radius 3 is 2.45 bits per heavy atom. The summed E-state index contributed by atoms with van der Waals surface area (Å²) in [4.78, 5) is 16.8. The number of ether oxygens (including phenoxy) is 3. The molecule has 1 saturated heterocycles. The van der Waals surface area contributed by atoms with Crippen molar-refractivity contribution in [2.24, 2.45) is 10.9 Å². The van der Waals surface area contributed by atoms with E-state index in [1.807, 2.05) is 38.1 Å². The maximum absolute atomic E-state index is 15.5. The average Bonchev–Trinajstić information content (AvgIpc) is 2.92. The number of rotatable bonds is 12. The van der Waals surface area contributed by atoms with Crippen LogP contribution in [-0.2, 0) is 9.47 Å². The fourth-order valence-corrected chi connectivity index (χ4v) is 4.09. The van der Waals surface area contributed by atoms with Crippen molar-refractivity contribution >= 4 is 35.0 Å². The molecule has 0 spiro atoms. The van der Waals surface area contributed by atoms with Crippen molar-refractivity contribution < 1.29 is 23.4 Å². The molecule has 1 heterocycles. The zero-order valence-corrected chi connectivity index (χ0v) is 22.7. The predicted octanol–water partition coefficient (Wildman–Crippen LogP) is 6.37. The summed E-state index contributed by atoms with van der Waals surface area (Å²) in [5.74, 6) is 0.402. The second kappa shape index (κ2) is 15.1. The monoisotopic (exact) mass is 526 g/mol. The highest BCUT2D eigenvalue weighted by Crippen LogP contribution is 2.36. The van der Waals surface area contributed by atoms with Crippen molar-refractivity contribution in [1.29, 1.82) is 0 Å². The first-order chi connectivity index (χ1) is 18.4. The first-order valence-corrected chi connectivity index (χ1v) is 13.1. The number of carbonyl (C=O) groups is 1. The first kappa shape index (κ1) is 29.1. The minimum absolute atomic E-state index is 0.239. The Balaban J connectivity index is 1.74. The summed E-state index contributed by atoms with van der Waals surface area (Å²) in [6.07, 6.45) is 4.27. The molecule has 3 N–H and O–H groups in total. The Hall–Kier alpha value is -3.43. The van der Waals surface area contributed by atoms with Gasteiger partial charge in [0.05, 0.1) is 17.9 Å². The van der Waals surface area contributed by atoms with Gasteiger partial charge in [-0.1, -0.05) is 6.92 Å². The van der Waals surface area contributed by atoms with E-state index in [0.29, 0.717) is 54.1 Å². The number of amides is 2. The molecule has 0 atom stereocenters. The number of benzene rings is 2. The topological polar surface area (TPSA) is 93.2 Å². The van der Waals surface area contributed by atoms with Crippen molar-refractivity contribution in [1.82, 2.24) is 5.32 Å². The third-order valence-electron chi connectivity index (χ3n) is 6.38. The number of urea groups is 1. The summed E-state index contributed by atoms with van der Waals surface area (Å²) in [7, 11) is 1.59. The number of allylic oxidation sites excluding steroid dienone is 1. The van der Waals surface area contributed by atoms with Crippen molar-refractivity contribution in [3.8, 4) is 5.75 Å². The van der Waals surface area contributed by atoms with Gasteiger partial charge in [0.2, 0.25) is 0 Å². The van der Waals surface area contributed by atoms with E-state index in [0.717, 1.165) is 43.7 Å². The molecule has 3 rings (SSSR count). The van der Waals surface area contributed by atoms with E-state index in [4.69, 9.17) is 14.2 Å². The van der Waals surface area contributed by atoms with Crippen LogP contribution in [0.15, 0.2) is 47.0 Å². The number of nitrogens with one attached hydrogen (secondary N) is 3. The molecular formula is C29H39FN4O4. The first-order valence-electron chi connectivity index (χ1n) is 13.1. The molecule has 0 saturated carbocycles. The van der Waals surface area contributed by atoms with Crippen LogP contribution in [0.25, 0.3) is 5.70 Å². The van der Waals surface area contributed by atoms with Gasteiger partial charge in [0, 0.05) is 62.3 Å². The van der Waals surface area contributed by atoms with Crippen LogP contribution in [0.1, 0.15) is 45.6 Å². The molecule has 9 heteroatoms. The zero-order valence-electron chi connectivity index (χ0n) is 22.7. The van der Waals surface area contributed by atoms with Gasteiger partial charge in [0.1, 0.15) is 18.2 Å². The second-order valence-electron chi connectivity index (χ2n) is 9.13. The molecule has 1 fully saturated rings. The molecule has 8 nitrogen and oxygen atoms in total. The highest BCUT2D eigenvalue weighted by Gasteiger charge is 2.19. The summed E-state index contributed by atoms with van der Waals surface area (Å²) in [6.45, 7) is 8.61. The van der Waals surface area contributed by atoms with Gasteiger partial charge in [-0.25, -0.2) is 9.18 Å². The fourth-order valence-electron chi connectivity index (χ4n) is 4.09. The lowest BCUT2D eigenvalue weighted by Gasteiger charge is -2.22. The van der Waals surface area contributed by atoms with Crippen molar-refractivity contribution in [3.05, 3.63) is 53.4 Å². The molecule has 1 aliphatic rings. The van der Waals surface area contributed by atoms with E-state index in [9.17, 15) is 4.79 Å². The lowest BCUT2D eigenvalue weighted by molar-refractivity contribution is 0.0671. The minimum atomic E-state index is -0.435. The summed E-state index contributed by atoms with van der Waals surface area (Å²) in [5, 5.41) is 9.17. The highest BCUT2D eigenvalue weighted by atomic mass is 19.1. The van der Waals surface area contributed by atoms with Crippen LogP contribution in [0.3, 0.4) is 0 Å². The second-order valence-corrected chi connectivity index (χ2v) is 9.13. The molecule has 0 aromatic heterocycles. The van der Waals surface area contributed by atoms with E-state index >= 15 is 4.39 Å². The molecule has 0 unspecified atom stereocenters. The van der Waals surface area contributed by atoms with E-state index < -0.39 is 5.82 Å². The van der Waals surface area contributed by atoms with E-state index in [2.05, 4.69) is 20.9 Å². The molecule has 1 aliphatic heterocycles. The maximum Gasteiger partial charge on any atom is 0.319 e. The van der Waals surface area contributed by atoms with Gasteiger partial charge in [0.25, 0.3) is 0 Å². The van der Waals surface area contributed by atoms with Crippen molar-refractivity contribution in [2.75, 3.05) is 50.7 Å². The van der Waals surface area contributed by atoms with Crippen molar-refractivity contribution in [3.63, 3.8) is 0 Å². The Morgan fingerprint density at radius 2 is 1.82 bits per heavy atom. The zero-order chi connectivity index (χ0) is 27.3. The van der Waals surface area contributed by atoms with Crippen LogP contribution in [0.2, 0.25) is 0 Å². The third-order valence-corrected chi connectivity index (χ3v) is 6.38. The van der Waals surface area contributed by atoms with Crippen LogP contribution >= 0.6 is 0 Å². The largest absolute Gasteiger partial charge is 0.491 e. The molecular weight excluding hydrogens is 487 g/mol. The number of aliphatic imine (C=N–C) groups is 1. The normalized spacial score (nSPS) is 14.8. The fraction of sp³-hybridized carbons (Fsp3) is 0.448. The smallest absolute Gasteiger partial charge is 0.319 e. The quantitative estimate of drug-likeness (QED) is 0.221. The van der Waals surface area contributed by atoms with Gasteiger partial charge < -0.3 is 30.2 Å². The summed E-state index contributed by atoms with van der Waals surface area (Å²) in [5.41, 5.74) is 3.87. The molecule has 2 amide bonds. The molecule has 2 aromatic carbocycles. The Morgan fingerprint density at radius 1 is 1.13 bits per heavy atom. The maximum atomic E-state index is 15.5. The standard InChI is InChI=1S/C29H39FN4O4/c1-5-20(3)28(27-25(30)17-24(38-16-15-36-4)18-26(27)31-6-2)33-22-7-9-23(10-8-22)34-29(35)32-19-21-11-13-37-14-12-21/h6-10,17-18,21,33H,5,11-16,19H2,1-4H3,(H2,32,34,35). The molecule has 0 radical (unpaired) electrons. The van der Waals surface area contributed by atoms with Gasteiger partial charge in [-0.15, -0.1) is 0 Å². The lowest BCUT2D eigenvalue weighted by atomic mass is 10.0. The molecule has 38 heavy (non-hydrogen) atoms. The van der Waals surface area contributed by atoms with Gasteiger partial charge in [-0.05, 0) is 68.9 Å². The number of halogens is 1. The number of carbonyl (C=O) groups excluding carboxylic acids is 1. The summed E-state index contributed by atoms with van der Waals surface area (Å²) < 4.78 is 31.5. The van der Waals surface area contributed by atoms with Gasteiger partial charge in [-0.3, -0.25) is 4.99 Å². The number of nitrogens with zero attached hydrogens (tertiary/aromatic N) is 1. The molecule has 206 valence electrons. The summed E-state index contributed by atoms with van der Waals surface area (Å²) >= 11 is 0. The van der Waals surface area contributed by atoms with Gasteiger partial charge >= 0.3 is 6.03 Å². The molecule has 2 aromatic rings. The third kappa shape index (κ3) is 8.56. The Bertz CT molecular complexity index is 1110. The van der Waals surface area contributed by atoms with Crippen molar-refractivity contribution in [2.45, 2.75) is 40.0 Å².